The number of hydrogen-bond donors (Lipinski definition) is 0. The summed E-state index contributed by atoms with van der Waals surface area (Å²) >= 11 is 6.27. The minimum Gasteiger partial charge on any atom is -0.461 e. The molecule has 4 nitrogen and oxygen atoms in total. The van der Waals surface area contributed by atoms with Crippen LogP contribution in [0.2, 0.25) is 0 Å². The molecule has 2 rings (SSSR count). The minimum absolute atomic E-state index is 0.178. The number of alkyl halides is 1. The number of ether oxygens (including phenoxy) is 2. The smallest absolute Gasteiger partial charge is 0.338 e. The molecule has 0 aliphatic carbocycles. The number of esters is 2. The third-order valence-electron chi connectivity index (χ3n) is 6.91. The van der Waals surface area contributed by atoms with Gasteiger partial charge in [-0.3, -0.25) is 4.79 Å². The van der Waals surface area contributed by atoms with Crippen LogP contribution in [0.1, 0.15) is 108 Å². The Morgan fingerprint density at radius 1 is 0.757 bits per heavy atom. The predicted octanol–water partition coefficient (Wildman–Crippen LogP) is 9.38. The molecule has 0 heterocycles. The van der Waals surface area contributed by atoms with E-state index in [1.54, 1.807) is 12.1 Å². The van der Waals surface area contributed by atoms with Crippen LogP contribution in [0.15, 0.2) is 48.5 Å². The minimum atomic E-state index is -0.370. The first-order chi connectivity index (χ1) is 17.9. The van der Waals surface area contributed by atoms with Gasteiger partial charge in [-0.1, -0.05) is 109 Å². The molecule has 2 unspecified atom stereocenters. The van der Waals surface area contributed by atoms with Gasteiger partial charge in [-0.25, -0.2) is 4.79 Å². The van der Waals surface area contributed by atoms with Gasteiger partial charge in [0.15, 0.2) is 0 Å². The molecule has 0 N–H and O–H groups in total. The number of benzene rings is 2. The topological polar surface area (TPSA) is 52.6 Å². The maximum absolute atomic E-state index is 12.3. The molecule has 2 aromatic carbocycles. The van der Waals surface area contributed by atoms with Crippen molar-refractivity contribution >= 4 is 23.5 Å². The van der Waals surface area contributed by atoms with Crippen LogP contribution in [0.25, 0.3) is 11.1 Å². The van der Waals surface area contributed by atoms with E-state index in [-0.39, 0.29) is 23.9 Å². The molecule has 5 heteroatoms. The highest BCUT2D eigenvalue weighted by atomic mass is 35.5. The standard InChI is InChI=1S/C32H45ClO4/c1-4-6-7-8-9-10-11-12-13-14-15-31(34)37-29-22-20-27(21-23-29)26-16-18-28(19-17-26)32(35)36-24-30(33)25(3)5-2/h16-23,25,30H,4-15,24H2,1-3H3. The molecule has 0 aromatic heterocycles. The first kappa shape index (κ1) is 30.9. The van der Waals surface area contributed by atoms with E-state index in [1.807, 2.05) is 43.3 Å². The van der Waals surface area contributed by atoms with Crippen LogP contribution in [0.5, 0.6) is 5.75 Å². The highest BCUT2D eigenvalue weighted by Crippen LogP contribution is 2.24. The van der Waals surface area contributed by atoms with Crippen LogP contribution in [-0.2, 0) is 9.53 Å². The lowest BCUT2D eigenvalue weighted by Crippen LogP contribution is -2.20. The summed E-state index contributed by atoms with van der Waals surface area (Å²) in [6.07, 6.45) is 13.8. The molecule has 0 fully saturated rings. The van der Waals surface area contributed by atoms with Crippen molar-refractivity contribution < 1.29 is 19.1 Å². The normalized spacial score (nSPS) is 12.6. The predicted molar refractivity (Wildman–Crippen MR) is 153 cm³/mol. The summed E-state index contributed by atoms with van der Waals surface area (Å²) in [5.74, 6) is 0.296. The molecule has 0 bridgehead atoms. The Bertz CT molecular complexity index is 907. The average Bonchev–Trinajstić information content (AvgIpc) is 2.92. The summed E-state index contributed by atoms with van der Waals surface area (Å²) in [5.41, 5.74) is 2.44. The Morgan fingerprint density at radius 2 is 1.27 bits per heavy atom. The first-order valence-corrected chi connectivity index (χ1v) is 14.6. The van der Waals surface area contributed by atoms with Crippen molar-refractivity contribution in [3.63, 3.8) is 0 Å². The fourth-order valence-electron chi connectivity index (χ4n) is 4.11. The Balaban J connectivity index is 1.69. The van der Waals surface area contributed by atoms with Crippen LogP contribution >= 0.6 is 11.6 Å². The molecule has 0 amide bonds. The molecular formula is C32H45ClO4. The van der Waals surface area contributed by atoms with E-state index in [2.05, 4.69) is 13.8 Å². The van der Waals surface area contributed by atoms with Crippen LogP contribution in [0.4, 0.5) is 0 Å². The molecule has 0 saturated heterocycles. The van der Waals surface area contributed by atoms with Crippen LogP contribution in [0, 0.1) is 5.92 Å². The fourth-order valence-corrected chi connectivity index (χ4v) is 4.35. The van der Waals surface area contributed by atoms with Gasteiger partial charge in [0.25, 0.3) is 0 Å². The molecule has 0 saturated carbocycles. The van der Waals surface area contributed by atoms with Gasteiger partial charge in [0.1, 0.15) is 12.4 Å². The van der Waals surface area contributed by atoms with Gasteiger partial charge in [0, 0.05) is 6.42 Å². The maximum Gasteiger partial charge on any atom is 0.338 e. The fraction of sp³-hybridized carbons (Fsp3) is 0.562. The zero-order valence-electron chi connectivity index (χ0n) is 23.0. The van der Waals surface area contributed by atoms with Gasteiger partial charge >= 0.3 is 11.9 Å². The van der Waals surface area contributed by atoms with E-state index in [0.29, 0.717) is 23.7 Å². The van der Waals surface area contributed by atoms with E-state index < -0.39 is 0 Å². The van der Waals surface area contributed by atoms with Crippen molar-refractivity contribution in [2.45, 2.75) is 103 Å². The number of hydrogen-bond acceptors (Lipinski definition) is 4. The van der Waals surface area contributed by atoms with E-state index >= 15 is 0 Å². The molecule has 2 aromatic rings. The summed E-state index contributed by atoms with van der Waals surface area (Å²) in [5, 5.41) is -0.184. The first-order valence-electron chi connectivity index (χ1n) is 14.2. The number of carbonyl (C=O) groups is 2. The van der Waals surface area contributed by atoms with Crippen molar-refractivity contribution in [3.05, 3.63) is 54.1 Å². The Morgan fingerprint density at radius 3 is 1.81 bits per heavy atom. The Kier molecular flexibility index (Phi) is 15.0. The van der Waals surface area contributed by atoms with Gasteiger partial charge in [-0.15, -0.1) is 11.6 Å². The van der Waals surface area contributed by atoms with E-state index in [1.165, 1.54) is 51.4 Å². The molecular weight excluding hydrogens is 484 g/mol. The van der Waals surface area contributed by atoms with Crippen molar-refractivity contribution in [2.75, 3.05) is 6.61 Å². The second-order valence-corrected chi connectivity index (χ2v) is 10.6. The van der Waals surface area contributed by atoms with Gasteiger partial charge in [-0.05, 0) is 47.7 Å². The van der Waals surface area contributed by atoms with E-state index in [0.717, 1.165) is 30.4 Å². The van der Waals surface area contributed by atoms with Gasteiger partial charge in [0.2, 0.25) is 0 Å². The molecule has 0 spiro atoms. The SMILES string of the molecule is CCCCCCCCCCCCC(=O)Oc1ccc(-c2ccc(C(=O)OCC(Cl)C(C)CC)cc2)cc1. The van der Waals surface area contributed by atoms with Crippen LogP contribution in [-0.4, -0.2) is 23.9 Å². The third kappa shape index (κ3) is 12.2. The number of carbonyl (C=O) groups excluding carboxylic acids is 2. The Labute approximate surface area is 229 Å². The third-order valence-corrected chi connectivity index (χ3v) is 7.47. The summed E-state index contributed by atoms with van der Waals surface area (Å²) < 4.78 is 10.9. The van der Waals surface area contributed by atoms with E-state index in [9.17, 15) is 9.59 Å². The zero-order valence-corrected chi connectivity index (χ0v) is 23.7. The molecule has 0 aliphatic heterocycles. The lowest BCUT2D eigenvalue weighted by Gasteiger charge is -2.16. The second-order valence-electron chi connectivity index (χ2n) is 10.0. The van der Waals surface area contributed by atoms with Gasteiger partial charge < -0.3 is 9.47 Å². The summed E-state index contributed by atoms with van der Waals surface area (Å²) in [7, 11) is 0. The van der Waals surface area contributed by atoms with Crippen molar-refractivity contribution in [1.82, 2.24) is 0 Å². The van der Waals surface area contributed by atoms with Gasteiger partial charge in [-0.2, -0.15) is 0 Å². The summed E-state index contributed by atoms with van der Waals surface area (Å²) in [6, 6.07) is 14.7. The zero-order chi connectivity index (χ0) is 26.9. The summed E-state index contributed by atoms with van der Waals surface area (Å²) in [6.45, 7) is 6.56. The molecule has 0 aliphatic rings. The maximum atomic E-state index is 12.3. The summed E-state index contributed by atoms with van der Waals surface area (Å²) in [4.78, 5) is 24.5. The molecule has 0 radical (unpaired) electrons. The molecule has 2 atom stereocenters. The number of unbranched alkanes of at least 4 members (excludes halogenated alkanes) is 9. The second kappa shape index (κ2) is 18.0. The van der Waals surface area contributed by atoms with Crippen molar-refractivity contribution in [1.29, 1.82) is 0 Å². The number of halogens is 1. The number of rotatable bonds is 18. The largest absolute Gasteiger partial charge is 0.461 e. The van der Waals surface area contributed by atoms with Crippen LogP contribution in [0.3, 0.4) is 0 Å². The van der Waals surface area contributed by atoms with Gasteiger partial charge in [0.05, 0.1) is 10.9 Å². The van der Waals surface area contributed by atoms with Crippen molar-refractivity contribution in [2.24, 2.45) is 5.92 Å². The highest BCUT2D eigenvalue weighted by molar-refractivity contribution is 6.21. The monoisotopic (exact) mass is 528 g/mol. The quantitative estimate of drug-likeness (QED) is 0.0836. The highest BCUT2D eigenvalue weighted by Gasteiger charge is 2.16. The van der Waals surface area contributed by atoms with Crippen LogP contribution < -0.4 is 4.74 Å². The average molecular weight is 529 g/mol. The van der Waals surface area contributed by atoms with Crippen molar-refractivity contribution in [3.8, 4) is 16.9 Å². The van der Waals surface area contributed by atoms with E-state index in [4.69, 9.17) is 21.1 Å². The molecule has 37 heavy (non-hydrogen) atoms. The Hall–Kier alpha value is -2.33. The lowest BCUT2D eigenvalue weighted by atomic mass is 10.0. The lowest BCUT2D eigenvalue weighted by molar-refractivity contribution is -0.134. The molecule has 204 valence electrons.